The third kappa shape index (κ3) is 4.07. The molecule has 0 radical (unpaired) electrons. The number of esters is 1. The number of azo groups is 1. The van der Waals surface area contributed by atoms with E-state index in [1.807, 2.05) is 0 Å². The maximum atomic E-state index is 11.0. The topological polar surface area (TPSA) is 94.2 Å². The highest BCUT2D eigenvalue weighted by atomic mass is 16.6. The zero-order valence-corrected chi connectivity index (χ0v) is 11.4. The summed E-state index contributed by atoms with van der Waals surface area (Å²) >= 11 is 0. The lowest BCUT2D eigenvalue weighted by Gasteiger charge is -2.00. The van der Waals surface area contributed by atoms with E-state index in [1.165, 1.54) is 24.3 Å². The Morgan fingerprint density at radius 2 is 1.55 bits per heavy atom. The minimum absolute atomic E-state index is 0.00709. The number of hydrogen-bond acceptors (Lipinski definition) is 6. The van der Waals surface area contributed by atoms with Gasteiger partial charge in [0.15, 0.2) is 0 Å². The highest BCUT2D eigenvalue weighted by Crippen LogP contribution is 2.23. The molecule has 0 aliphatic rings. The highest BCUT2D eigenvalue weighted by molar-refractivity contribution is 5.83. The van der Waals surface area contributed by atoms with Gasteiger partial charge in [0, 0.05) is 18.2 Å². The summed E-state index contributed by atoms with van der Waals surface area (Å²) in [6.07, 6.45) is 1.07. The van der Waals surface area contributed by atoms with Crippen molar-refractivity contribution in [3.8, 4) is 5.75 Å². The Balaban J connectivity index is 2.05. The van der Waals surface area contributed by atoms with Gasteiger partial charge in [-0.05, 0) is 36.4 Å². The van der Waals surface area contributed by atoms with Gasteiger partial charge >= 0.3 is 5.97 Å². The molecule has 0 amide bonds. The number of ether oxygens (including phenoxy) is 1. The molecule has 0 saturated heterocycles. The van der Waals surface area contributed by atoms with Crippen molar-refractivity contribution >= 4 is 23.0 Å². The molecule has 110 valence electrons. The fourth-order valence-corrected chi connectivity index (χ4v) is 1.50. The first-order valence-corrected chi connectivity index (χ1v) is 6.19. The van der Waals surface area contributed by atoms with Crippen LogP contribution in [0.25, 0.3) is 0 Å². The van der Waals surface area contributed by atoms with Crippen LogP contribution < -0.4 is 4.74 Å². The molecular weight excluding hydrogens is 286 g/mol. The molecule has 0 atom stereocenters. The van der Waals surface area contributed by atoms with Gasteiger partial charge in [0.05, 0.1) is 16.3 Å². The van der Waals surface area contributed by atoms with E-state index in [-0.39, 0.29) is 5.69 Å². The quantitative estimate of drug-likeness (QED) is 0.207. The zero-order valence-electron chi connectivity index (χ0n) is 11.4. The summed E-state index contributed by atoms with van der Waals surface area (Å²) < 4.78 is 4.92. The molecule has 0 N–H and O–H groups in total. The molecule has 22 heavy (non-hydrogen) atoms. The number of rotatable bonds is 5. The molecule has 0 unspecified atom stereocenters. The molecule has 0 bridgehead atoms. The Hall–Kier alpha value is -3.35. The van der Waals surface area contributed by atoms with E-state index in [0.717, 1.165) is 6.08 Å². The van der Waals surface area contributed by atoms with E-state index >= 15 is 0 Å². The summed E-state index contributed by atoms with van der Waals surface area (Å²) in [5, 5.41) is 18.5. The number of carbonyl (C=O) groups is 1. The predicted octanol–water partition coefficient (Wildman–Crippen LogP) is 4.10. The summed E-state index contributed by atoms with van der Waals surface area (Å²) in [4.78, 5) is 21.1. The number of nitrogens with zero attached hydrogens (tertiary/aromatic N) is 3. The monoisotopic (exact) mass is 297 g/mol. The van der Waals surface area contributed by atoms with Gasteiger partial charge in [-0.15, -0.1) is 0 Å². The molecule has 7 nitrogen and oxygen atoms in total. The lowest BCUT2D eigenvalue weighted by atomic mass is 10.3. The maximum absolute atomic E-state index is 11.0. The Morgan fingerprint density at radius 3 is 2.00 bits per heavy atom. The molecule has 0 spiro atoms. The smallest absolute Gasteiger partial charge is 0.335 e. The molecular formula is C15H11N3O4. The lowest BCUT2D eigenvalue weighted by Crippen LogP contribution is -2.02. The summed E-state index contributed by atoms with van der Waals surface area (Å²) in [6.45, 7) is 3.30. The van der Waals surface area contributed by atoms with Crippen molar-refractivity contribution in [2.45, 2.75) is 0 Å². The molecule has 7 heteroatoms. The van der Waals surface area contributed by atoms with E-state index in [9.17, 15) is 14.9 Å². The number of non-ortho nitro benzene ring substituents is 1. The molecule has 0 saturated carbocycles. The van der Waals surface area contributed by atoms with E-state index in [0.29, 0.717) is 17.1 Å². The third-order valence-corrected chi connectivity index (χ3v) is 2.56. The van der Waals surface area contributed by atoms with Crippen molar-refractivity contribution < 1.29 is 14.5 Å². The van der Waals surface area contributed by atoms with E-state index in [2.05, 4.69) is 16.8 Å². The van der Waals surface area contributed by atoms with Crippen LogP contribution in [0.1, 0.15) is 0 Å². The van der Waals surface area contributed by atoms with Gasteiger partial charge in [-0.1, -0.05) is 6.58 Å². The zero-order chi connectivity index (χ0) is 15.9. The second kappa shape index (κ2) is 6.89. The first-order valence-electron chi connectivity index (χ1n) is 6.19. The molecule has 2 aromatic rings. The average Bonchev–Trinajstić information content (AvgIpc) is 2.54. The van der Waals surface area contributed by atoms with Crippen LogP contribution in [0, 0.1) is 10.1 Å². The Bertz CT molecular complexity index is 721. The Morgan fingerprint density at radius 1 is 1.05 bits per heavy atom. The summed E-state index contributed by atoms with van der Waals surface area (Å²) in [6, 6.07) is 12.1. The lowest BCUT2D eigenvalue weighted by molar-refractivity contribution is -0.384. The van der Waals surface area contributed by atoms with Crippen LogP contribution in [-0.4, -0.2) is 10.9 Å². The van der Waals surface area contributed by atoms with E-state index in [1.54, 1.807) is 24.3 Å². The van der Waals surface area contributed by atoms with Crippen LogP contribution in [0.2, 0.25) is 0 Å². The van der Waals surface area contributed by atoms with Crippen LogP contribution in [0.15, 0.2) is 71.4 Å². The van der Waals surface area contributed by atoms with Gasteiger partial charge in [-0.2, -0.15) is 10.2 Å². The maximum Gasteiger partial charge on any atom is 0.335 e. The van der Waals surface area contributed by atoms with Crippen LogP contribution in [0.3, 0.4) is 0 Å². The fourth-order valence-electron chi connectivity index (χ4n) is 1.50. The highest BCUT2D eigenvalue weighted by Gasteiger charge is 2.03. The minimum atomic E-state index is -0.541. The van der Waals surface area contributed by atoms with Gasteiger partial charge in [-0.3, -0.25) is 10.1 Å². The second-order valence-electron chi connectivity index (χ2n) is 4.09. The Labute approximate surface area is 125 Å². The van der Waals surface area contributed by atoms with Crippen molar-refractivity contribution in [2.75, 3.05) is 0 Å². The molecule has 0 aliphatic carbocycles. The SMILES string of the molecule is C=CC(=O)Oc1ccc(N=Nc2ccc([N+](=O)[O-])cc2)cc1. The summed E-state index contributed by atoms with van der Waals surface area (Å²) in [5.74, 6) is -0.167. The van der Waals surface area contributed by atoms with Gasteiger partial charge in [-0.25, -0.2) is 4.79 Å². The van der Waals surface area contributed by atoms with Crippen molar-refractivity contribution in [1.29, 1.82) is 0 Å². The van der Waals surface area contributed by atoms with Gasteiger partial charge in [0.2, 0.25) is 0 Å². The van der Waals surface area contributed by atoms with Crippen LogP contribution in [-0.2, 0) is 4.79 Å². The number of hydrogen-bond donors (Lipinski definition) is 0. The number of nitro benzene ring substituents is 1. The Kier molecular flexibility index (Phi) is 4.71. The van der Waals surface area contributed by atoms with Crippen LogP contribution in [0.4, 0.5) is 17.1 Å². The van der Waals surface area contributed by atoms with Crippen molar-refractivity contribution in [3.05, 3.63) is 71.3 Å². The summed E-state index contributed by atoms with van der Waals surface area (Å²) in [7, 11) is 0. The normalized spacial score (nSPS) is 10.4. The molecule has 0 heterocycles. The second-order valence-corrected chi connectivity index (χ2v) is 4.09. The van der Waals surface area contributed by atoms with Crippen molar-refractivity contribution in [3.63, 3.8) is 0 Å². The third-order valence-electron chi connectivity index (χ3n) is 2.56. The molecule has 2 rings (SSSR count). The number of benzene rings is 2. The molecule has 0 aromatic heterocycles. The van der Waals surface area contributed by atoms with Crippen molar-refractivity contribution in [2.24, 2.45) is 10.2 Å². The molecule has 0 aliphatic heterocycles. The number of nitro groups is 1. The van der Waals surface area contributed by atoms with E-state index < -0.39 is 10.9 Å². The first kappa shape index (κ1) is 15.0. The van der Waals surface area contributed by atoms with Crippen LogP contribution >= 0.6 is 0 Å². The van der Waals surface area contributed by atoms with Gasteiger partial charge in [0.25, 0.3) is 5.69 Å². The number of carbonyl (C=O) groups excluding carboxylic acids is 1. The van der Waals surface area contributed by atoms with Gasteiger partial charge in [0.1, 0.15) is 5.75 Å². The minimum Gasteiger partial charge on any atom is -0.423 e. The van der Waals surface area contributed by atoms with E-state index in [4.69, 9.17) is 4.74 Å². The first-order chi connectivity index (χ1) is 10.6. The molecule has 2 aromatic carbocycles. The average molecular weight is 297 g/mol. The molecule has 0 fully saturated rings. The predicted molar refractivity (Wildman–Crippen MR) is 79.5 cm³/mol. The van der Waals surface area contributed by atoms with Crippen molar-refractivity contribution in [1.82, 2.24) is 0 Å². The standard InChI is InChI=1S/C15H11N3O4/c1-2-15(19)22-14-9-5-12(6-10-14)17-16-11-3-7-13(8-4-11)18(20)21/h2-10H,1H2. The summed E-state index contributed by atoms with van der Waals surface area (Å²) in [5.41, 5.74) is 1.04. The van der Waals surface area contributed by atoms with Crippen LogP contribution in [0.5, 0.6) is 5.75 Å². The van der Waals surface area contributed by atoms with Gasteiger partial charge < -0.3 is 4.74 Å². The fraction of sp³-hybridized carbons (Fsp3) is 0. The largest absolute Gasteiger partial charge is 0.423 e.